The summed E-state index contributed by atoms with van der Waals surface area (Å²) in [5.41, 5.74) is 5.75. The second-order valence-electron chi connectivity index (χ2n) is 19.9. The molecule has 1 heteroatoms. The minimum atomic E-state index is -5.49. The molecule has 0 saturated carbocycles. The van der Waals surface area contributed by atoms with Gasteiger partial charge in [-0.3, -0.25) is 0 Å². The summed E-state index contributed by atoms with van der Waals surface area (Å²) in [6.45, 7) is 6.90. The maximum absolute atomic E-state index is 5.49. The molecule has 3 rings (SSSR count). The van der Waals surface area contributed by atoms with Crippen LogP contribution in [-0.2, 0) is 15.8 Å². The molecule has 0 N–H and O–H groups in total. The Kier molecular flexibility index (Phi) is 2.39. The predicted molar refractivity (Wildman–Crippen MR) is 120 cm³/mol. The van der Waals surface area contributed by atoms with Gasteiger partial charge in [-0.25, -0.2) is 0 Å². The van der Waals surface area contributed by atoms with Crippen molar-refractivity contribution >= 4 is 6.08 Å². The van der Waals surface area contributed by atoms with E-state index in [0.717, 1.165) is 6.42 Å². The first-order chi connectivity index (χ1) is 11.1. The van der Waals surface area contributed by atoms with Gasteiger partial charge in [-0.05, 0) is 0 Å². The molecule has 26 heavy (non-hydrogen) atoms. The van der Waals surface area contributed by atoms with Gasteiger partial charge in [0.15, 0.2) is 0 Å². The standard InChI is InChI=1S/C13H15.C5H5.7CH3.Hf/c1-4-11-5-6-12-7-9(2)10(3)8-13(11)12;1-2-4-5-3-1;;;;;;;;/h5-8H,4H2,1-3H3;1-5H;7*1H3;. The van der Waals surface area contributed by atoms with E-state index in [1.54, 1.807) is 0 Å². The monoisotopic (exact) mass is 521 g/mol. The molecule has 2 aliphatic rings. The zero-order valence-electron chi connectivity index (χ0n) is 18.9. The molecule has 0 heterocycles. The molecule has 0 radical (unpaired) electrons. The normalized spacial score (nSPS) is 30.6. The van der Waals surface area contributed by atoms with Crippen LogP contribution in [0.2, 0.25) is 36.4 Å². The SMILES string of the molecule is CC[C]1([Hf]([CH3])([CH3])([CH3])([CH3])([CH3])([CH3])([CH3])[CH]2C=CC=C2)C=Cc2cc(C)c(C)cc21. The van der Waals surface area contributed by atoms with Crippen molar-refractivity contribution in [3.8, 4) is 0 Å². The summed E-state index contributed by atoms with van der Waals surface area (Å²) in [5, 5.41) is 0. The number of fused-ring (bicyclic) bond motifs is 1. The predicted octanol–water partition coefficient (Wildman–Crippen LogP) is 9.02. The van der Waals surface area contributed by atoms with E-state index in [2.05, 4.69) is 102 Å². The molecule has 0 bridgehead atoms. The summed E-state index contributed by atoms with van der Waals surface area (Å²) in [7, 11) is 0. The van der Waals surface area contributed by atoms with E-state index < -0.39 is 12.6 Å². The molecular weight excluding hydrogens is 479 g/mol. The van der Waals surface area contributed by atoms with Gasteiger partial charge in [0.05, 0.1) is 0 Å². The van der Waals surface area contributed by atoms with Gasteiger partial charge in [0.25, 0.3) is 0 Å². The third-order valence-corrected chi connectivity index (χ3v) is 56.4. The Balaban J connectivity index is 2.65. The van der Waals surface area contributed by atoms with Crippen LogP contribution in [0.15, 0.2) is 42.5 Å². The summed E-state index contributed by atoms with van der Waals surface area (Å²) in [6.07, 6.45) is 15.6. The maximum atomic E-state index is 2.70. The van der Waals surface area contributed by atoms with Gasteiger partial charge >= 0.3 is 150 Å². The summed E-state index contributed by atoms with van der Waals surface area (Å²) in [6, 6.07) is 4.90. The van der Waals surface area contributed by atoms with E-state index in [4.69, 9.17) is 0 Å². The third kappa shape index (κ3) is 1.94. The van der Waals surface area contributed by atoms with Gasteiger partial charge in [0.1, 0.15) is 0 Å². The van der Waals surface area contributed by atoms with Crippen molar-refractivity contribution in [2.75, 3.05) is 0 Å². The molecule has 1 unspecified atom stereocenters. The molecule has 145 valence electrons. The third-order valence-electron chi connectivity index (χ3n) is 9.88. The van der Waals surface area contributed by atoms with Crippen LogP contribution in [0.25, 0.3) is 6.08 Å². The average Bonchev–Trinajstić information content (AvgIpc) is 3.06. The van der Waals surface area contributed by atoms with Gasteiger partial charge in [0, 0.05) is 0 Å². The number of hydrogen-bond acceptors (Lipinski definition) is 0. The van der Waals surface area contributed by atoms with Gasteiger partial charge in [-0.2, -0.15) is 0 Å². The second-order valence-corrected chi connectivity index (χ2v) is 129. The van der Waals surface area contributed by atoms with Crippen LogP contribution in [0.3, 0.4) is 0 Å². The molecule has 0 amide bonds. The molecule has 1 aromatic carbocycles. The van der Waals surface area contributed by atoms with Crippen LogP contribution < -0.4 is 0 Å². The van der Waals surface area contributed by atoms with Crippen LogP contribution >= 0.6 is 0 Å². The molecule has 0 nitrogen and oxygen atoms in total. The Morgan fingerprint density at radius 3 is 1.85 bits per heavy atom. The first-order valence-electron chi connectivity index (χ1n) is 10.6. The Morgan fingerprint density at radius 2 is 1.35 bits per heavy atom. The summed E-state index contributed by atoms with van der Waals surface area (Å²) in [4.78, 5) is 0. The molecule has 2 aliphatic carbocycles. The van der Waals surface area contributed by atoms with Crippen LogP contribution in [0, 0.1) is 13.8 Å². The van der Waals surface area contributed by atoms with Crippen molar-refractivity contribution in [3.63, 3.8) is 0 Å². The van der Waals surface area contributed by atoms with Crippen LogP contribution in [0.1, 0.15) is 35.6 Å². The van der Waals surface area contributed by atoms with E-state index in [9.17, 15) is 0 Å². The number of benzene rings is 1. The fraction of sp³-hybridized carbons (Fsp3) is 0.520. The molecule has 0 spiro atoms. The summed E-state index contributed by atoms with van der Waals surface area (Å²) in [5.74, 6) is 0. The fourth-order valence-electron chi connectivity index (χ4n) is 7.16. The average molecular weight is 520 g/mol. The van der Waals surface area contributed by atoms with Crippen molar-refractivity contribution in [3.05, 3.63) is 64.8 Å². The quantitative estimate of drug-likeness (QED) is 0.349. The van der Waals surface area contributed by atoms with Crippen molar-refractivity contribution in [2.45, 2.75) is 66.8 Å². The van der Waals surface area contributed by atoms with Crippen molar-refractivity contribution < 1.29 is 12.6 Å². The van der Waals surface area contributed by atoms with Crippen LogP contribution in [0.5, 0.6) is 0 Å². The van der Waals surface area contributed by atoms with E-state index >= 15 is 0 Å². The summed E-state index contributed by atoms with van der Waals surface area (Å²) >= 11 is -5.49. The number of hydrogen-bond donors (Lipinski definition) is 0. The Bertz CT molecular complexity index is 980. The topological polar surface area (TPSA) is 0 Å². The second kappa shape index (κ2) is 3.10. The minimum absolute atomic E-state index is 0.0148. The fourth-order valence-corrected chi connectivity index (χ4v) is 43.0. The molecule has 1 atom stereocenters. The van der Waals surface area contributed by atoms with Gasteiger partial charge in [-0.15, -0.1) is 0 Å². The molecule has 0 aliphatic heterocycles. The zero-order chi connectivity index (χ0) is 20.1. The van der Waals surface area contributed by atoms with E-state index in [1.807, 2.05) is 0 Å². The van der Waals surface area contributed by atoms with Crippen LogP contribution in [-0.4, -0.2) is 0 Å². The molecule has 0 aromatic heterocycles. The van der Waals surface area contributed by atoms with Gasteiger partial charge in [-0.1, -0.05) is 0 Å². The van der Waals surface area contributed by atoms with Crippen LogP contribution in [0.4, 0.5) is 0 Å². The summed E-state index contributed by atoms with van der Waals surface area (Å²) < 4.78 is 19.3. The Morgan fingerprint density at radius 1 is 0.846 bits per heavy atom. The van der Waals surface area contributed by atoms with Gasteiger partial charge in [0.2, 0.25) is 0 Å². The van der Waals surface area contributed by atoms with Crippen molar-refractivity contribution in [1.82, 2.24) is 0 Å². The number of allylic oxidation sites excluding steroid dienone is 5. The van der Waals surface area contributed by atoms with Crippen molar-refractivity contribution in [1.29, 1.82) is 0 Å². The Labute approximate surface area is 149 Å². The van der Waals surface area contributed by atoms with Crippen molar-refractivity contribution in [2.24, 2.45) is 0 Å². The van der Waals surface area contributed by atoms with Gasteiger partial charge < -0.3 is 0 Å². The molecule has 0 saturated heterocycles. The molecule has 1 aromatic rings. The molecule has 0 fully saturated rings. The van der Waals surface area contributed by atoms with E-state index in [1.165, 1.54) is 22.3 Å². The van der Waals surface area contributed by atoms with E-state index in [-0.39, 0.29) is 3.17 Å². The van der Waals surface area contributed by atoms with E-state index in [0.29, 0.717) is 3.67 Å². The Hall–Kier alpha value is -0.690. The molecular formula is C25H41Hf. The number of rotatable bonds is 3. The number of aryl methyl sites for hydroxylation is 2. The first kappa shape index (κ1) is 20.1. The first-order valence-corrected chi connectivity index (χ1v) is 39.6. The zero-order valence-corrected chi connectivity index (χ0v) is 22.5.